The van der Waals surface area contributed by atoms with Gasteiger partial charge in [0.25, 0.3) is 0 Å². The summed E-state index contributed by atoms with van der Waals surface area (Å²) in [7, 11) is 0. The lowest BCUT2D eigenvalue weighted by molar-refractivity contribution is 0.708. The number of nitrogens with zero attached hydrogens (tertiary/aromatic N) is 3. The highest BCUT2D eigenvalue weighted by Gasteiger charge is 2.03. The molecule has 0 fully saturated rings. The number of hydrogen-bond acceptors (Lipinski definition) is 3. The van der Waals surface area contributed by atoms with E-state index in [9.17, 15) is 0 Å². The van der Waals surface area contributed by atoms with E-state index >= 15 is 0 Å². The van der Waals surface area contributed by atoms with Crippen LogP contribution in [0, 0.1) is 11.3 Å². The summed E-state index contributed by atoms with van der Waals surface area (Å²) in [5.74, 6) is 0.964. The third kappa shape index (κ3) is 2.63. The Kier molecular flexibility index (Phi) is 3.85. The van der Waals surface area contributed by atoms with Crippen LogP contribution in [0.5, 0.6) is 0 Å². The van der Waals surface area contributed by atoms with Crippen LogP contribution in [-0.4, -0.2) is 9.55 Å². The first-order valence-corrected chi connectivity index (χ1v) is 6.06. The van der Waals surface area contributed by atoms with Crippen LogP contribution in [0.1, 0.15) is 18.3 Å². The van der Waals surface area contributed by atoms with Crippen LogP contribution in [0.4, 0.5) is 5.69 Å². The summed E-state index contributed by atoms with van der Waals surface area (Å²) in [5, 5.41) is 12.6. The van der Waals surface area contributed by atoms with Crippen LogP contribution < -0.4 is 5.32 Å². The zero-order chi connectivity index (χ0) is 13.0. The van der Waals surface area contributed by atoms with Gasteiger partial charge in [-0.05, 0) is 25.1 Å². The lowest BCUT2D eigenvalue weighted by Gasteiger charge is -2.08. The van der Waals surface area contributed by atoms with Crippen LogP contribution in [0.2, 0.25) is 5.02 Å². The molecule has 1 aromatic heterocycles. The van der Waals surface area contributed by atoms with E-state index in [4.69, 9.17) is 16.9 Å². The molecule has 0 aliphatic rings. The first-order valence-electron chi connectivity index (χ1n) is 5.68. The zero-order valence-corrected chi connectivity index (χ0v) is 10.8. The molecule has 1 N–H and O–H groups in total. The molecule has 92 valence electrons. The Hall–Kier alpha value is -1.99. The van der Waals surface area contributed by atoms with Gasteiger partial charge >= 0.3 is 0 Å². The van der Waals surface area contributed by atoms with E-state index in [1.165, 1.54) is 0 Å². The van der Waals surface area contributed by atoms with Gasteiger partial charge < -0.3 is 9.88 Å². The van der Waals surface area contributed by atoms with Crippen LogP contribution in [0.25, 0.3) is 0 Å². The van der Waals surface area contributed by atoms with E-state index in [2.05, 4.69) is 27.9 Å². The van der Waals surface area contributed by atoms with Crippen molar-refractivity contribution in [3.63, 3.8) is 0 Å². The number of aromatic nitrogens is 2. The summed E-state index contributed by atoms with van der Waals surface area (Å²) in [5.41, 5.74) is 1.34. The molecule has 0 bridgehead atoms. The molecule has 2 aromatic rings. The summed E-state index contributed by atoms with van der Waals surface area (Å²) in [6, 6.07) is 7.36. The zero-order valence-electron chi connectivity index (χ0n) is 10.0. The molecule has 0 amide bonds. The summed E-state index contributed by atoms with van der Waals surface area (Å²) >= 11 is 5.88. The van der Waals surface area contributed by atoms with Gasteiger partial charge in [0.1, 0.15) is 11.9 Å². The predicted molar refractivity (Wildman–Crippen MR) is 71.4 cm³/mol. The maximum absolute atomic E-state index is 8.90. The molecule has 0 saturated carbocycles. The minimum atomic E-state index is 0.470. The smallest absolute Gasteiger partial charge is 0.128 e. The van der Waals surface area contributed by atoms with Crippen molar-refractivity contribution in [1.82, 2.24) is 9.55 Å². The van der Waals surface area contributed by atoms with Crippen LogP contribution in [0.15, 0.2) is 30.6 Å². The summed E-state index contributed by atoms with van der Waals surface area (Å²) in [4.78, 5) is 4.27. The van der Waals surface area contributed by atoms with Crippen molar-refractivity contribution in [1.29, 1.82) is 5.26 Å². The van der Waals surface area contributed by atoms with Gasteiger partial charge in [-0.25, -0.2) is 4.98 Å². The van der Waals surface area contributed by atoms with Crippen molar-refractivity contribution in [3.05, 3.63) is 47.0 Å². The second kappa shape index (κ2) is 5.56. The fourth-order valence-corrected chi connectivity index (χ4v) is 1.86. The highest BCUT2D eigenvalue weighted by atomic mass is 35.5. The summed E-state index contributed by atoms with van der Waals surface area (Å²) in [6.07, 6.45) is 3.72. The Labute approximate surface area is 111 Å². The molecule has 5 heteroatoms. The molecule has 0 saturated heterocycles. The van der Waals surface area contributed by atoms with E-state index in [1.807, 2.05) is 12.3 Å². The van der Waals surface area contributed by atoms with Gasteiger partial charge in [-0.2, -0.15) is 5.26 Å². The lowest BCUT2D eigenvalue weighted by Crippen LogP contribution is -2.07. The number of anilines is 1. The molecule has 0 aliphatic heterocycles. The highest BCUT2D eigenvalue weighted by Crippen LogP contribution is 2.19. The maximum atomic E-state index is 8.90. The van der Waals surface area contributed by atoms with Crippen molar-refractivity contribution < 1.29 is 0 Å². The molecule has 2 rings (SSSR count). The van der Waals surface area contributed by atoms with Crippen LogP contribution in [-0.2, 0) is 13.1 Å². The number of halogens is 1. The number of nitriles is 1. The van der Waals surface area contributed by atoms with E-state index in [1.54, 1.807) is 18.3 Å². The van der Waals surface area contributed by atoms with Crippen LogP contribution >= 0.6 is 11.6 Å². The quantitative estimate of drug-likeness (QED) is 0.919. The van der Waals surface area contributed by atoms with E-state index in [0.29, 0.717) is 17.1 Å². The van der Waals surface area contributed by atoms with Crippen molar-refractivity contribution in [2.24, 2.45) is 0 Å². The minimum absolute atomic E-state index is 0.470. The molecule has 0 atom stereocenters. The molecule has 1 aromatic carbocycles. The SMILES string of the molecule is CCn1ccnc1CNc1ccc(Cl)c(C#N)c1. The highest BCUT2D eigenvalue weighted by molar-refractivity contribution is 6.31. The molecule has 4 nitrogen and oxygen atoms in total. The number of benzene rings is 1. The number of hydrogen-bond donors (Lipinski definition) is 1. The average Bonchev–Trinajstić information content (AvgIpc) is 2.85. The Bertz CT molecular complexity index is 583. The molecular weight excluding hydrogens is 248 g/mol. The first-order chi connectivity index (χ1) is 8.74. The third-order valence-corrected chi connectivity index (χ3v) is 3.01. The van der Waals surface area contributed by atoms with Gasteiger partial charge in [-0.3, -0.25) is 0 Å². The monoisotopic (exact) mass is 260 g/mol. The molecule has 0 aliphatic carbocycles. The first kappa shape index (κ1) is 12.5. The molecule has 0 radical (unpaired) electrons. The van der Waals surface area contributed by atoms with Gasteiger partial charge in [-0.15, -0.1) is 0 Å². The second-order valence-corrected chi connectivity index (χ2v) is 4.20. The Morgan fingerprint density at radius 2 is 2.33 bits per heavy atom. The van der Waals surface area contributed by atoms with Gasteiger partial charge in [-0.1, -0.05) is 11.6 Å². The molecular formula is C13H13ClN4. The summed E-state index contributed by atoms with van der Waals surface area (Å²) in [6.45, 7) is 3.58. The van der Waals surface area contributed by atoms with Crippen molar-refractivity contribution >= 4 is 17.3 Å². The van der Waals surface area contributed by atoms with E-state index in [0.717, 1.165) is 18.1 Å². The van der Waals surface area contributed by atoms with Gasteiger partial charge in [0.2, 0.25) is 0 Å². The van der Waals surface area contributed by atoms with Gasteiger partial charge in [0, 0.05) is 24.6 Å². The van der Waals surface area contributed by atoms with Crippen molar-refractivity contribution in [2.45, 2.75) is 20.0 Å². The Morgan fingerprint density at radius 3 is 3.06 bits per heavy atom. The predicted octanol–water partition coefficient (Wildman–Crippen LogP) is 3.04. The van der Waals surface area contributed by atoms with Gasteiger partial charge in [0.05, 0.1) is 17.1 Å². The fourth-order valence-electron chi connectivity index (χ4n) is 1.70. The number of aryl methyl sites for hydroxylation is 1. The lowest BCUT2D eigenvalue weighted by atomic mass is 10.2. The standard InChI is InChI=1S/C13H13ClN4/c1-2-18-6-5-16-13(18)9-17-11-3-4-12(14)10(7-11)8-15/h3-7,17H,2,9H2,1H3. The summed E-state index contributed by atoms with van der Waals surface area (Å²) < 4.78 is 2.06. The fraction of sp³-hybridized carbons (Fsp3) is 0.231. The maximum Gasteiger partial charge on any atom is 0.128 e. The molecule has 0 spiro atoms. The Morgan fingerprint density at radius 1 is 1.50 bits per heavy atom. The average molecular weight is 261 g/mol. The molecule has 1 heterocycles. The normalized spacial score (nSPS) is 10.1. The number of rotatable bonds is 4. The Balaban J connectivity index is 2.09. The van der Waals surface area contributed by atoms with Gasteiger partial charge in [0.15, 0.2) is 0 Å². The molecule has 0 unspecified atom stereocenters. The minimum Gasteiger partial charge on any atom is -0.378 e. The number of imidazole rings is 1. The third-order valence-electron chi connectivity index (χ3n) is 2.68. The van der Waals surface area contributed by atoms with E-state index in [-0.39, 0.29) is 0 Å². The van der Waals surface area contributed by atoms with E-state index < -0.39 is 0 Å². The second-order valence-electron chi connectivity index (χ2n) is 3.79. The topological polar surface area (TPSA) is 53.6 Å². The largest absolute Gasteiger partial charge is 0.378 e. The molecule has 18 heavy (non-hydrogen) atoms. The van der Waals surface area contributed by atoms with Crippen molar-refractivity contribution in [2.75, 3.05) is 5.32 Å². The van der Waals surface area contributed by atoms with Crippen molar-refractivity contribution in [3.8, 4) is 6.07 Å². The number of nitrogens with one attached hydrogen (secondary N) is 1. The van der Waals surface area contributed by atoms with Crippen LogP contribution in [0.3, 0.4) is 0 Å².